The second-order valence-electron chi connectivity index (χ2n) is 5.16. The highest BCUT2D eigenvalue weighted by Crippen LogP contribution is 2.28. The van der Waals surface area contributed by atoms with Crippen LogP contribution in [0, 0.1) is 5.92 Å². The molecule has 3 atom stereocenters. The largest absolute Gasteiger partial charge is 0.306 e. The van der Waals surface area contributed by atoms with Crippen LogP contribution in [0.4, 0.5) is 0 Å². The Morgan fingerprint density at radius 1 is 1.53 bits per heavy atom. The van der Waals surface area contributed by atoms with E-state index < -0.39 is 0 Å². The van der Waals surface area contributed by atoms with Crippen LogP contribution in [0.2, 0.25) is 0 Å². The second-order valence-corrected chi connectivity index (χ2v) is 7.66. The Labute approximate surface area is 117 Å². The summed E-state index contributed by atoms with van der Waals surface area (Å²) in [5.74, 6) is 0.736. The second kappa shape index (κ2) is 5.83. The van der Waals surface area contributed by atoms with Crippen molar-refractivity contribution in [3.05, 3.63) is 20.8 Å². The summed E-state index contributed by atoms with van der Waals surface area (Å²) in [5, 5.41) is 3.78. The number of halogens is 1. The van der Waals surface area contributed by atoms with Gasteiger partial charge in [-0.2, -0.15) is 0 Å². The zero-order valence-corrected chi connectivity index (χ0v) is 13.1. The molecule has 1 aromatic rings. The number of hydrogen-bond acceptors (Lipinski definition) is 3. The number of piperidine rings is 1. The zero-order valence-electron chi connectivity index (χ0n) is 10.7. The molecule has 96 valence electrons. The molecule has 0 spiro atoms. The zero-order chi connectivity index (χ0) is 12.4. The minimum atomic E-state index is 0.460. The van der Waals surface area contributed by atoms with Gasteiger partial charge in [0.2, 0.25) is 0 Å². The molecular weight excluding hydrogens is 296 g/mol. The molecule has 0 aliphatic carbocycles. The summed E-state index contributed by atoms with van der Waals surface area (Å²) in [6.45, 7) is 7.04. The van der Waals surface area contributed by atoms with Crippen LogP contribution in [-0.2, 0) is 0 Å². The van der Waals surface area contributed by atoms with Crippen LogP contribution in [-0.4, -0.2) is 31.1 Å². The molecular formula is C13H21BrN2S. The van der Waals surface area contributed by atoms with E-state index >= 15 is 0 Å². The summed E-state index contributed by atoms with van der Waals surface area (Å²) in [6, 6.07) is 5.46. The van der Waals surface area contributed by atoms with E-state index in [9.17, 15) is 0 Å². The first-order chi connectivity index (χ1) is 8.06. The SMILES string of the molecule is CC(NC1CCN(C)CC1C)c1ccc(Br)s1. The number of rotatable bonds is 3. The van der Waals surface area contributed by atoms with Crippen molar-refractivity contribution in [2.24, 2.45) is 5.92 Å². The molecule has 1 saturated heterocycles. The summed E-state index contributed by atoms with van der Waals surface area (Å²) in [7, 11) is 2.21. The monoisotopic (exact) mass is 316 g/mol. The number of hydrogen-bond donors (Lipinski definition) is 1. The Bertz CT molecular complexity index is 366. The first kappa shape index (κ1) is 13.5. The molecule has 1 aromatic heterocycles. The van der Waals surface area contributed by atoms with Gasteiger partial charge < -0.3 is 10.2 Å². The van der Waals surface area contributed by atoms with Crippen molar-refractivity contribution in [3.8, 4) is 0 Å². The lowest BCUT2D eigenvalue weighted by atomic mass is 9.93. The molecule has 1 aliphatic rings. The summed E-state index contributed by atoms with van der Waals surface area (Å²) in [4.78, 5) is 3.85. The molecule has 1 fully saturated rings. The number of nitrogens with one attached hydrogen (secondary N) is 1. The van der Waals surface area contributed by atoms with Crippen molar-refractivity contribution in [3.63, 3.8) is 0 Å². The number of thiophene rings is 1. The van der Waals surface area contributed by atoms with Gasteiger partial charge in [-0.05, 0) is 60.9 Å². The maximum absolute atomic E-state index is 3.78. The lowest BCUT2D eigenvalue weighted by Crippen LogP contribution is -2.47. The van der Waals surface area contributed by atoms with E-state index in [4.69, 9.17) is 0 Å². The van der Waals surface area contributed by atoms with Gasteiger partial charge in [0.05, 0.1) is 3.79 Å². The summed E-state index contributed by atoms with van der Waals surface area (Å²) < 4.78 is 1.22. The summed E-state index contributed by atoms with van der Waals surface area (Å²) in [6.07, 6.45) is 1.26. The molecule has 2 nitrogen and oxygen atoms in total. The first-order valence-corrected chi connectivity index (χ1v) is 7.87. The van der Waals surface area contributed by atoms with Gasteiger partial charge in [0, 0.05) is 23.5 Å². The standard InChI is InChI=1S/C13H21BrN2S/c1-9-8-16(3)7-6-11(9)15-10(2)12-4-5-13(14)17-12/h4-5,9-11,15H,6-8H2,1-3H3. The molecule has 2 heterocycles. The Balaban J connectivity index is 1.92. The molecule has 1 N–H and O–H groups in total. The van der Waals surface area contributed by atoms with Gasteiger partial charge in [-0.3, -0.25) is 0 Å². The highest BCUT2D eigenvalue weighted by Gasteiger charge is 2.25. The van der Waals surface area contributed by atoms with Crippen LogP contribution >= 0.6 is 27.3 Å². The average molecular weight is 317 g/mol. The Morgan fingerprint density at radius 3 is 2.88 bits per heavy atom. The summed E-state index contributed by atoms with van der Waals surface area (Å²) in [5.41, 5.74) is 0. The van der Waals surface area contributed by atoms with Crippen LogP contribution in [0.3, 0.4) is 0 Å². The van der Waals surface area contributed by atoms with E-state index in [2.05, 4.69) is 59.2 Å². The smallest absolute Gasteiger partial charge is 0.0701 e. The maximum Gasteiger partial charge on any atom is 0.0701 e. The minimum absolute atomic E-state index is 0.460. The molecule has 4 heteroatoms. The van der Waals surface area contributed by atoms with Gasteiger partial charge in [-0.15, -0.1) is 11.3 Å². The number of nitrogens with zero attached hydrogens (tertiary/aromatic N) is 1. The van der Waals surface area contributed by atoms with Crippen LogP contribution in [0.15, 0.2) is 15.9 Å². The van der Waals surface area contributed by atoms with Gasteiger partial charge in [-0.1, -0.05) is 6.92 Å². The van der Waals surface area contributed by atoms with Gasteiger partial charge in [0.15, 0.2) is 0 Å². The fourth-order valence-corrected chi connectivity index (χ4v) is 4.00. The van der Waals surface area contributed by atoms with Gasteiger partial charge in [0.25, 0.3) is 0 Å². The van der Waals surface area contributed by atoms with Crippen molar-refractivity contribution in [2.45, 2.75) is 32.4 Å². The van der Waals surface area contributed by atoms with Crippen LogP contribution < -0.4 is 5.32 Å². The van der Waals surface area contributed by atoms with Crippen LogP contribution in [0.5, 0.6) is 0 Å². The minimum Gasteiger partial charge on any atom is -0.306 e. The number of likely N-dealkylation sites (tertiary alicyclic amines) is 1. The van der Waals surface area contributed by atoms with Crippen molar-refractivity contribution >= 4 is 27.3 Å². The molecule has 0 saturated carbocycles. The maximum atomic E-state index is 3.78. The molecule has 3 unspecified atom stereocenters. The van der Waals surface area contributed by atoms with Crippen LogP contribution in [0.25, 0.3) is 0 Å². The summed E-state index contributed by atoms with van der Waals surface area (Å²) >= 11 is 5.36. The average Bonchev–Trinajstić information content (AvgIpc) is 2.69. The highest BCUT2D eigenvalue weighted by molar-refractivity contribution is 9.11. The molecule has 0 bridgehead atoms. The fourth-order valence-electron chi connectivity index (χ4n) is 2.57. The van der Waals surface area contributed by atoms with E-state index in [0.29, 0.717) is 12.1 Å². The van der Waals surface area contributed by atoms with Gasteiger partial charge in [-0.25, -0.2) is 0 Å². The van der Waals surface area contributed by atoms with Gasteiger partial charge in [0.1, 0.15) is 0 Å². The molecule has 1 aliphatic heterocycles. The fraction of sp³-hybridized carbons (Fsp3) is 0.692. The third-order valence-corrected chi connectivity index (χ3v) is 5.40. The molecule has 0 amide bonds. The first-order valence-electron chi connectivity index (χ1n) is 6.26. The van der Waals surface area contributed by atoms with Crippen molar-refractivity contribution in [1.82, 2.24) is 10.2 Å². The molecule has 2 rings (SSSR count). The molecule has 0 aromatic carbocycles. The Morgan fingerprint density at radius 2 is 2.29 bits per heavy atom. The van der Waals surface area contributed by atoms with Crippen molar-refractivity contribution in [1.29, 1.82) is 0 Å². The predicted octanol–water partition coefficient (Wildman–Crippen LogP) is 3.50. The Kier molecular flexibility index (Phi) is 4.64. The lowest BCUT2D eigenvalue weighted by molar-refractivity contribution is 0.168. The predicted molar refractivity (Wildman–Crippen MR) is 78.6 cm³/mol. The van der Waals surface area contributed by atoms with E-state index in [1.165, 1.54) is 28.2 Å². The quantitative estimate of drug-likeness (QED) is 0.918. The normalized spacial score (nSPS) is 28.2. The third-order valence-electron chi connectivity index (χ3n) is 3.59. The topological polar surface area (TPSA) is 15.3 Å². The van der Waals surface area contributed by atoms with E-state index in [0.717, 1.165) is 5.92 Å². The molecule has 0 radical (unpaired) electrons. The Hall–Kier alpha value is 0.1000. The highest BCUT2D eigenvalue weighted by atomic mass is 79.9. The van der Waals surface area contributed by atoms with E-state index in [1.807, 2.05) is 11.3 Å². The van der Waals surface area contributed by atoms with Gasteiger partial charge >= 0.3 is 0 Å². The van der Waals surface area contributed by atoms with E-state index in [1.54, 1.807) is 0 Å². The van der Waals surface area contributed by atoms with Crippen molar-refractivity contribution < 1.29 is 0 Å². The third kappa shape index (κ3) is 3.53. The van der Waals surface area contributed by atoms with Crippen molar-refractivity contribution in [2.75, 3.05) is 20.1 Å². The van der Waals surface area contributed by atoms with Crippen LogP contribution in [0.1, 0.15) is 31.2 Å². The lowest BCUT2D eigenvalue weighted by Gasteiger charge is -2.36. The van der Waals surface area contributed by atoms with E-state index in [-0.39, 0.29) is 0 Å². The molecule has 17 heavy (non-hydrogen) atoms.